The molecule has 0 aromatic rings. The standard InChI is InChI=1S/C12H24N4O6/c1-11(2,3)21-9(19)15-13-7(8(17)18)14-16-10(20)22-12(4,5)6/h7,13-14H,1-6H3,(H,15,19)(H,16,20)(H,17,18). The molecule has 0 unspecified atom stereocenters. The van der Waals surface area contributed by atoms with Crippen molar-refractivity contribution in [3.8, 4) is 0 Å². The minimum absolute atomic E-state index is 0.729. The van der Waals surface area contributed by atoms with Gasteiger partial charge in [0.25, 0.3) is 0 Å². The zero-order chi connectivity index (χ0) is 17.6. The van der Waals surface area contributed by atoms with Gasteiger partial charge in [0.1, 0.15) is 11.2 Å². The van der Waals surface area contributed by atoms with Gasteiger partial charge in [0, 0.05) is 0 Å². The van der Waals surface area contributed by atoms with E-state index in [4.69, 9.17) is 14.6 Å². The number of carbonyl (C=O) groups is 3. The Morgan fingerprint density at radius 1 is 0.818 bits per heavy atom. The number of hydrogen-bond donors (Lipinski definition) is 5. The van der Waals surface area contributed by atoms with Gasteiger partial charge in [0.05, 0.1) is 0 Å². The van der Waals surface area contributed by atoms with E-state index in [9.17, 15) is 14.4 Å². The predicted octanol–water partition coefficient (Wildman–Crippen LogP) is 0.456. The van der Waals surface area contributed by atoms with Crippen LogP contribution in [0.3, 0.4) is 0 Å². The summed E-state index contributed by atoms with van der Waals surface area (Å²) in [6.45, 7) is 9.94. The molecule has 0 saturated carbocycles. The molecular weight excluding hydrogens is 296 g/mol. The molecular formula is C12H24N4O6. The van der Waals surface area contributed by atoms with Gasteiger partial charge < -0.3 is 14.6 Å². The number of rotatable bonds is 5. The third-order valence-electron chi connectivity index (χ3n) is 1.68. The highest BCUT2D eigenvalue weighted by molar-refractivity contribution is 5.75. The van der Waals surface area contributed by atoms with E-state index in [1.54, 1.807) is 41.5 Å². The minimum atomic E-state index is -1.49. The van der Waals surface area contributed by atoms with Crippen LogP contribution in [0.25, 0.3) is 0 Å². The second kappa shape index (κ2) is 7.80. The molecule has 0 aliphatic rings. The van der Waals surface area contributed by atoms with Crippen LogP contribution >= 0.6 is 0 Å². The third kappa shape index (κ3) is 10.7. The van der Waals surface area contributed by atoms with Crippen LogP contribution in [-0.4, -0.2) is 40.6 Å². The Bertz CT molecular complexity index is 381. The lowest BCUT2D eigenvalue weighted by Gasteiger charge is -2.23. The van der Waals surface area contributed by atoms with Gasteiger partial charge in [0.15, 0.2) is 6.17 Å². The van der Waals surface area contributed by atoms with Crippen LogP contribution in [-0.2, 0) is 14.3 Å². The van der Waals surface area contributed by atoms with Crippen LogP contribution in [0.2, 0.25) is 0 Å². The van der Waals surface area contributed by atoms with E-state index in [1.165, 1.54) is 0 Å². The van der Waals surface area contributed by atoms with Crippen molar-refractivity contribution >= 4 is 18.2 Å². The molecule has 128 valence electrons. The summed E-state index contributed by atoms with van der Waals surface area (Å²) >= 11 is 0. The maximum atomic E-state index is 11.4. The molecule has 0 spiro atoms. The topological polar surface area (TPSA) is 138 Å². The second-order valence-electron chi connectivity index (χ2n) is 6.31. The molecule has 5 N–H and O–H groups in total. The van der Waals surface area contributed by atoms with E-state index in [0.717, 1.165) is 0 Å². The smallest absolute Gasteiger partial charge is 0.422 e. The monoisotopic (exact) mass is 320 g/mol. The Morgan fingerprint density at radius 2 is 1.14 bits per heavy atom. The lowest BCUT2D eigenvalue weighted by Crippen LogP contribution is -2.60. The first-order valence-electron chi connectivity index (χ1n) is 6.52. The predicted molar refractivity (Wildman–Crippen MR) is 76.4 cm³/mol. The van der Waals surface area contributed by atoms with Crippen LogP contribution in [0.4, 0.5) is 9.59 Å². The molecule has 0 aliphatic carbocycles. The first-order chi connectivity index (χ1) is 9.80. The number of hydrogen-bond acceptors (Lipinski definition) is 7. The lowest BCUT2D eigenvalue weighted by molar-refractivity contribution is -0.140. The Morgan fingerprint density at radius 3 is 1.36 bits per heavy atom. The van der Waals surface area contributed by atoms with Gasteiger partial charge in [-0.05, 0) is 41.5 Å². The van der Waals surface area contributed by atoms with Crippen LogP contribution < -0.4 is 21.7 Å². The van der Waals surface area contributed by atoms with Crippen LogP contribution in [0.5, 0.6) is 0 Å². The summed E-state index contributed by atoms with van der Waals surface area (Å²) in [6.07, 6.45) is -3.21. The minimum Gasteiger partial charge on any atom is -0.479 e. The summed E-state index contributed by atoms with van der Waals surface area (Å²) in [5.41, 5.74) is 6.94. The third-order valence-corrected chi connectivity index (χ3v) is 1.68. The van der Waals surface area contributed by atoms with Crippen molar-refractivity contribution in [2.24, 2.45) is 0 Å². The Balaban J connectivity index is 4.31. The molecule has 0 aliphatic heterocycles. The Labute approximate surface area is 128 Å². The number of amides is 2. The fourth-order valence-electron chi connectivity index (χ4n) is 1.03. The summed E-state index contributed by atoms with van der Waals surface area (Å²) in [6, 6.07) is 0. The van der Waals surface area contributed by atoms with E-state index >= 15 is 0 Å². The van der Waals surface area contributed by atoms with Crippen molar-refractivity contribution < 1.29 is 29.0 Å². The van der Waals surface area contributed by atoms with Crippen molar-refractivity contribution in [1.29, 1.82) is 0 Å². The molecule has 0 rings (SSSR count). The summed E-state index contributed by atoms with van der Waals surface area (Å²) < 4.78 is 9.83. The lowest BCUT2D eigenvalue weighted by atomic mass is 10.2. The normalized spacial score (nSPS) is 11.8. The average molecular weight is 320 g/mol. The van der Waals surface area contributed by atoms with Crippen LogP contribution in [0.15, 0.2) is 0 Å². The summed E-state index contributed by atoms with van der Waals surface area (Å²) in [5, 5.41) is 8.95. The van der Waals surface area contributed by atoms with Crippen LogP contribution in [0.1, 0.15) is 41.5 Å². The molecule has 0 atom stereocenters. The van der Waals surface area contributed by atoms with Crippen LogP contribution in [0, 0.1) is 0 Å². The summed E-state index contributed by atoms with van der Waals surface area (Å²) in [4.78, 5) is 33.8. The number of nitrogens with one attached hydrogen (secondary N) is 4. The number of aliphatic carboxylic acids is 1. The molecule has 0 bridgehead atoms. The molecule has 0 radical (unpaired) electrons. The van der Waals surface area contributed by atoms with Crippen molar-refractivity contribution in [1.82, 2.24) is 21.7 Å². The first kappa shape index (κ1) is 19.9. The largest absolute Gasteiger partial charge is 0.479 e. The molecule has 0 aromatic carbocycles. The van der Waals surface area contributed by atoms with Crippen molar-refractivity contribution in [2.45, 2.75) is 58.9 Å². The van der Waals surface area contributed by atoms with E-state index in [0.29, 0.717) is 0 Å². The zero-order valence-electron chi connectivity index (χ0n) is 13.6. The van der Waals surface area contributed by atoms with Gasteiger partial charge in [-0.2, -0.15) is 0 Å². The number of hydrazine groups is 2. The van der Waals surface area contributed by atoms with Crippen molar-refractivity contribution in [2.75, 3.05) is 0 Å². The molecule has 22 heavy (non-hydrogen) atoms. The molecule has 0 fully saturated rings. The highest BCUT2D eigenvalue weighted by Gasteiger charge is 2.22. The SMILES string of the molecule is CC(C)(C)OC(=O)NNC(NNC(=O)OC(C)(C)C)C(=O)O. The van der Waals surface area contributed by atoms with Gasteiger partial charge in [0.2, 0.25) is 0 Å². The highest BCUT2D eigenvalue weighted by Crippen LogP contribution is 2.06. The highest BCUT2D eigenvalue weighted by atomic mass is 16.6. The molecule has 0 heterocycles. The van der Waals surface area contributed by atoms with Gasteiger partial charge in [-0.1, -0.05) is 0 Å². The average Bonchev–Trinajstić information content (AvgIpc) is 2.23. The van der Waals surface area contributed by atoms with Gasteiger partial charge in [-0.25, -0.2) is 25.2 Å². The molecule has 0 saturated heterocycles. The molecule has 0 aromatic heterocycles. The van der Waals surface area contributed by atoms with Gasteiger partial charge in [-0.3, -0.25) is 10.9 Å². The number of carboxylic acids is 1. The maximum Gasteiger partial charge on any atom is 0.422 e. The van der Waals surface area contributed by atoms with Gasteiger partial charge >= 0.3 is 18.2 Å². The van der Waals surface area contributed by atoms with E-state index < -0.39 is 35.5 Å². The quantitative estimate of drug-likeness (QED) is 0.364. The molecule has 10 heteroatoms. The van der Waals surface area contributed by atoms with Crippen molar-refractivity contribution in [3.63, 3.8) is 0 Å². The molecule has 10 nitrogen and oxygen atoms in total. The first-order valence-corrected chi connectivity index (χ1v) is 6.52. The maximum absolute atomic E-state index is 11.4. The summed E-state index contributed by atoms with van der Waals surface area (Å²) in [7, 11) is 0. The number of carbonyl (C=O) groups excluding carboxylic acids is 2. The number of carboxylic acid groups (broad SMARTS) is 1. The Kier molecular flexibility index (Phi) is 7.07. The Hall–Kier alpha value is -2.07. The number of ether oxygens (including phenoxy) is 2. The fourth-order valence-corrected chi connectivity index (χ4v) is 1.03. The second-order valence-corrected chi connectivity index (χ2v) is 6.31. The van der Waals surface area contributed by atoms with E-state index in [1.807, 2.05) is 10.9 Å². The summed E-state index contributed by atoms with van der Waals surface area (Å²) in [5.74, 6) is -1.37. The van der Waals surface area contributed by atoms with Crippen molar-refractivity contribution in [3.05, 3.63) is 0 Å². The van der Waals surface area contributed by atoms with Gasteiger partial charge in [-0.15, -0.1) is 0 Å². The fraction of sp³-hybridized carbons (Fsp3) is 0.750. The molecule has 2 amide bonds. The zero-order valence-corrected chi connectivity index (χ0v) is 13.6. The van der Waals surface area contributed by atoms with E-state index in [2.05, 4.69) is 10.9 Å². The van der Waals surface area contributed by atoms with E-state index in [-0.39, 0.29) is 0 Å².